The van der Waals surface area contributed by atoms with Crippen LogP contribution in [0.3, 0.4) is 0 Å². The number of aromatic nitrogens is 1. The molecule has 0 spiro atoms. The van der Waals surface area contributed by atoms with Crippen LogP contribution in [0, 0.1) is 6.92 Å². The van der Waals surface area contributed by atoms with Gasteiger partial charge in [-0.3, -0.25) is 0 Å². The number of piperidine rings is 1. The Bertz CT molecular complexity index is 777. The van der Waals surface area contributed by atoms with Crippen LogP contribution in [0.2, 0.25) is 0 Å². The zero-order valence-electron chi connectivity index (χ0n) is 12.8. The first-order valence-corrected chi connectivity index (χ1v) is 9.57. The first-order chi connectivity index (χ1) is 10.5. The molecule has 5 nitrogen and oxygen atoms in total. The van der Waals surface area contributed by atoms with E-state index < -0.39 is 10.0 Å². The predicted octanol–water partition coefficient (Wildman–Crippen LogP) is 2.65. The molecule has 0 saturated carbocycles. The van der Waals surface area contributed by atoms with Crippen molar-refractivity contribution in [3.8, 4) is 10.6 Å². The highest BCUT2D eigenvalue weighted by Gasteiger charge is 2.29. The van der Waals surface area contributed by atoms with Gasteiger partial charge in [-0.1, -0.05) is 12.1 Å². The highest BCUT2D eigenvalue weighted by Crippen LogP contribution is 2.27. The van der Waals surface area contributed by atoms with Crippen molar-refractivity contribution in [3.63, 3.8) is 0 Å². The Kier molecular flexibility index (Phi) is 5.80. The normalized spacial score (nSPS) is 19.3. The van der Waals surface area contributed by atoms with Crippen LogP contribution in [0.25, 0.3) is 10.6 Å². The van der Waals surface area contributed by atoms with Crippen molar-refractivity contribution >= 4 is 33.8 Å². The lowest BCUT2D eigenvalue weighted by Crippen LogP contribution is -2.45. The summed E-state index contributed by atoms with van der Waals surface area (Å²) in [4.78, 5) is 4.73. The number of hydrogen-bond donors (Lipinski definition) is 1. The fourth-order valence-electron chi connectivity index (χ4n) is 2.62. The molecule has 8 heteroatoms. The minimum atomic E-state index is -3.49. The van der Waals surface area contributed by atoms with Gasteiger partial charge in [0.1, 0.15) is 5.01 Å². The molecule has 2 aromatic rings. The van der Waals surface area contributed by atoms with Gasteiger partial charge in [-0.05, 0) is 31.9 Å². The van der Waals surface area contributed by atoms with E-state index >= 15 is 0 Å². The second-order valence-electron chi connectivity index (χ2n) is 5.59. The summed E-state index contributed by atoms with van der Waals surface area (Å²) in [5.41, 5.74) is 7.68. The van der Waals surface area contributed by atoms with Gasteiger partial charge in [0.15, 0.2) is 0 Å². The van der Waals surface area contributed by atoms with E-state index in [0.29, 0.717) is 18.0 Å². The summed E-state index contributed by atoms with van der Waals surface area (Å²) in [5, 5.41) is 2.80. The van der Waals surface area contributed by atoms with Crippen molar-refractivity contribution in [2.75, 3.05) is 13.1 Å². The standard InChI is InChI=1S/C15H19N3O2S2.ClH/c1-11-10-21-15(17-11)12-4-2-6-14(8-12)22(19,20)18-7-3-5-13(16)9-18;/h2,4,6,8,10,13H,3,5,7,9,16H2,1H3;1H/t13-;/m1./s1. The average Bonchev–Trinajstić information content (AvgIpc) is 2.94. The zero-order chi connectivity index (χ0) is 15.7. The molecule has 1 aliphatic heterocycles. The molecule has 1 aliphatic rings. The Morgan fingerprint density at radius 2 is 2.17 bits per heavy atom. The van der Waals surface area contributed by atoms with Gasteiger partial charge in [-0.2, -0.15) is 4.31 Å². The molecule has 1 saturated heterocycles. The number of thiazole rings is 1. The van der Waals surface area contributed by atoms with Gasteiger partial charge in [-0.25, -0.2) is 13.4 Å². The van der Waals surface area contributed by atoms with Gasteiger partial charge in [0.25, 0.3) is 0 Å². The Balaban J connectivity index is 0.00000192. The second kappa shape index (κ2) is 7.27. The van der Waals surface area contributed by atoms with Crippen molar-refractivity contribution in [2.24, 2.45) is 5.73 Å². The summed E-state index contributed by atoms with van der Waals surface area (Å²) in [7, 11) is -3.49. The highest BCUT2D eigenvalue weighted by atomic mass is 35.5. The number of nitrogens with two attached hydrogens (primary N) is 1. The van der Waals surface area contributed by atoms with Crippen molar-refractivity contribution in [2.45, 2.75) is 30.7 Å². The molecule has 0 amide bonds. The molecule has 2 heterocycles. The number of aryl methyl sites for hydroxylation is 1. The van der Waals surface area contributed by atoms with Gasteiger partial charge in [0, 0.05) is 35.8 Å². The van der Waals surface area contributed by atoms with E-state index in [4.69, 9.17) is 5.73 Å². The number of rotatable bonds is 3. The minimum Gasteiger partial charge on any atom is -0.327 e. The maximum Gasteiger partial charge on any atom is 0.243 e. The molecular weight excluding hydrogens is 354 g/mol. The molecule has 1 atom stereocenters. The topological polar surface area (TPSA) is 76.3 Å². The van der Waals surface area contributed by atoms with Crippen molar-refractivity contribution in [1.29, 1.82) is 0 Å². The third kappa shape index (κ3) is 3.92. The second-order valence-corrected chi connectivity index (χ2v) is 8.38. The number of hydrogen-bond acceptors (Lipinski definition) is 5. The molecule has 0 aliphatic carbocycles. The number of halogens is 1. The maximum absolute atomic E-state index is 12.8. The molecule has 23 heavy (non-hydrogen) atoms. The van der Waals surface area contributed by atoms with Crippen molar-refractivity contribution < 1.29 is 8.42 Å². The van der Waals surface area contributed by atoms with Crippen molar-refractivity contribution in [3.05, 3.63) is 35.3 Å². The van der Waals surface area contributed by atoms with Gasteiger partial charge < -0.3 is 5.73 Å². The Morgan fingerprint density at radius 1 is 1.39 bits per heavy atom. The van der Waals surface area contributed by atoms with E-state index in [9.17, 15) is 8.42 Å². The average molecular weight is 374 g/mol. The van der Waals surface area contributed by atoms with E-state index in [1.807, 2.05) is 18.4 Å². The summed E-state index contributed by atoms with van der Waals surface area (Å²) in [6.45, 7) is 2.86. The van der Waals surface area contributed by atoms with E-state index in [1.165, 1.54) is 15.6 Å². The fraction of sp³-hybridized carbons (Fsp3) is 0.400. The lowest BCUT2D eigenvalue weighted by Gasteiger charge is -2.29. The molecule has 0 bridgehead atoms. The van der Waals surface area contributed by atoms with Crippen LogP contribution >= 0.6 is 23.7 Å². The Hall–Kier alpha value is -0.990. The number of benzene rings is 1. The lowest BCUT2D eigenvalue weighted by atomic mass is 10.1. The van der Waals surface area contributed by atoms with Crippen LogP contribution in [0.15, 0.2) is 34.5 Å². The number of sulfonamides is 1. The third-order valence-electron chi connectivity index (χ3n) is 3.76. The zero-order valence-corrected chi connectivity index (χ0v) is 15.3. The third-order valence-corrected chi connectivity index (χ3v) is 6.63. The van der Waals surface area contributed by atoms with Gasteiger partial charge in [0.05, 0.1) is 4.90 Å². The molecule has 1 aromatic carbocycles. The van der Waals surface area contributed by atoms with E-state index in [1.54, 1.807) is 18.2 Å². The van der Waals surface area contributed by atoms with Crippen molar-refractivity contribution in [1.82, 2.24) is 9.29 Å². The van der Waals surface area contributed by atoms with Crippen LogP contribution in [0.5, 0.6) is 0 Å². The molecule has 3 rings (SSSR count). The molecule has 1 fully saturated rings. The van der Waals surface area contributed by atoms with Crippen LogP contribution in [0.1, 0.15) is 18.5 Å². The van der Waals surface area contributed by atoms with E-state index in [2.05, 4.69) is 4.98 Å². The van der Waals surface area contributed by atoms with Gasteiger partial charge in [0.2, 0.25) is 10.0 Å². The monoisotopic (exact) mass is 373 g/mol. The number of nitrogens with zero attached hydrogens (tertiary/aromatic N) is 2. The molecule has 0 unspecified atom stereocenters. The molecule has 1 aromatic heterocycles. The molecule has 0 radical (unpaired) electrons. The minimum absolute atomic E-state index is 0. The van der Waals surface area contributed by atoms with E-state index in [-0.39, 0.29) is 18.4 Å². The Labute approximate surface area is 147 Å². The first kappa shape index (κ1) is 18.4. The summed E-state index contributed by atoms with van der Waals surface area (Å²) >= 11 is 1.52. The molecule has 126 valence electrons. The predicted molar refractivity (Wildman–Crippen MR) is 95.5 cm³/mol. The summed E-state index contributed by atoms with van der Waals surface area (Å²) < 4.78 is 27.0. The van der Waals surface area contributed by atoms with Crippen LogP contribution in [0.4, 0.5) is 0 Å². The molecule has 2 N–H and O–H groups in total. The largest absolute Gasteiger partial charge is 0.327 e. The van der Waals surface area contributed by atoms with E-state index in [0.717, 1.165) is 29.1 Å². The fourth-order valence-corrected chi connectivity index (χ4v) is 4.99. The smallest absolute Gasteiger partial charge is 0.243 e. The van der Waals surface area contributed by atoms with Crippen LogP contribution < -0.4 is 5.73 Å². The van der Waals surface area contributed by atoms with Crippen LogP contribution in [-0.4, -0.2) is 36.8 Å². The Morgan fingerprint density at radius 3 is 2.83 bits per heavy atom. The van der Waals surface area contributed by atoms with Crippen LogP contribution in [-0.2, 0) is 10.0 Å². The van der Waals surface area contributed by atoms with Gasteiger partial charge >= 0.3 is 0 Å². The first-order valence-electron chi connectivity index (χ1n) is 7.25. The summed E-state index contributed by atoms with van der Waals surface area (Å²) in [6, 6.07) is 6.92. The SMILES string of the molecule is Cc1csc(-c2cccc(S(=O)(=O)N3CCC[C@@H](N)C3)c2)n1.Cl. The van der Waals surface area contributed by atoms with Gasteiger partial charge in [-0.15, -0.1) is 23.7 Å². The quantitative estimate of drug-likeness (QED) is 0.897. The maximum atomic E-state index is 12.8. The summed E-state index contributed by atoms with van der Waals surface area (Å²) in [6.07, 6.45) is 1.69. The molecular formula is C15H20ClN3O2S2. The highest BCUT2D eigenvalue weighted by molar-refractivity contribution is 7.89. The summed E-state index contributed by atoms with van der Waals surface area (Å²) in [5.74, 6) is 0. The lowest BCUT2D eigenvalue weighted by molar-refractivity contribution is 0.316.